The predicted molar refractivity (Wildman–Crippen MR) is 109 cm³/mol. The van der Waals surface area contributed by atoms with Crippen molar-refractivity contribution in [2.45, 2.75) is 18.7 Å². The zero-order chi connectivity index (χ0) is 19.0. The van der Waals surface area contributed by atoms with Crippen LogP contribution in [0.15, 0.2) is 60.7 Å². The fourth-order valence-corrected chi connectivity index (χ4v) is 4.54. The Morgan fingerprint density at radius 3 is 2.23 bits per heavy atom. The smallest absolute Gasteiger partial charge is 0.243 e. The summed E-state index contributed by atoms with van der Waals surface area (Å²) >= 11 is 1.72. The number of anilines is 1. The monoisotopic (exact) mass is 392 g/mol. The second-order valence-corrected chi connectivity index (χ2v) is 8.86. The summed E-state index contributed by atoms with van der Waals surface area (Å²) in [5.41, 5.74) is 1.72. The van der Waals surface area contributed by atoms with Gasteiger partial charge in [-0.05, 0) is 24.6 Å². The summed E-state index contributed by atoms with van der Waals surface area (Å²) in [6.07, 6.45) is 1.11. The maximum absolute atomic E-state index is 12.4. The van der Waals surface area contributed by atoms with Gasteiger partial charge in [0.15, 0.2) is 0 Å². The predicted octanol–water partition coefficient (Wildman–Crippen LogP) is 2.89. The standard InChI is InChI=1S/C19H24N2O3S2/c1-16(21(26(2,23)24)18-11-7-4-8-12-18)19(22)20-13-14-25-15-17-9-5-3-6-10-17/h3-12,16H,13-15H2,1-2H3,(H,20,22). The first-order valence-corrected chi connectivity index (χ1v) is 11.3. The quantitative estimate of drug-likeness (QED) is 0.667. The van der Waals surface area contributed by atoms with Crippen molar-refractivity contribution < 1.29 is 13.2 Å². The van der Waals surface area contributed by atoms with E-state index in [1.54, 1.807) is 49.0 Å². The van der Waals surface area contributed by atoms with Gasteiger partial charge in [0, 0.05) is 18.1 Å². The number of nitrogens with one attached hydrogen (secondary N) is 1. The Kier molecular flexibility index (Phi) is 7.53. The van der Waals surface area contributed by atoms with Gasteiger partial charge in [-0.2, -0.15) is 11.8 Å². The Morgan fingerprint density at radius 1 is 1.08 bits per heavy atom. The van der Waals surface area contributed by atoms with Crippen molar-refractivity contribution in [2.24, 2.45) is 0 Å². The molecule has 0 saturated heterocycles. The fraction of sp³-hybridized carbons (Fsp3) is 0.316. The van der Waals surface area contributed by atoms with E-state index in [0.717, 1.165) is 22.1 Å². The Bertz CT molecular complexity index is 796. The topological polar surface area (TPSA) is 66.5 Å². The lowest BCUT2D eigenvalue weighted by Gasteiger charge is -2.28. The molecular formula is C19H24N2O3S2. The number of carbonyl (C=O) groups is 1. The number of thioether (sulfide) groups is 1. The lowest BCUT2D eigenvalue weighted by Crippen LogP contribution is -2.48. The fourth-order valence-electron chi connectivity index (χ4n) is 2.54. The van der Waals surface area contributed by atoms with Gasteiger partial charge >= 0.3 is 0 Å². The SMILES string of the molecule is CC(C(=O)NCCSCc1ccccc1)N(c1ccccc1)S(C)(=O)=O. The molecule has 2 aromatic rings. The number of amides is 1. The van der Waals surface area contributed by atoms with Crippen LogP contribution in [0.4, 0.5) is 5.69 Å². The summed E-state index contributed by atoms with van der Waals surface area (Å²) in [4.78, 5) is 12.4. The van der Waals surface area contributed by atoms with Crippen LogP contribution in [-0.2, 0) is 20.6 Å². The molecule has 0 aliphatic heterocycles. The highest BCUT2D eigenvalue weighted by atomic mass is 32.2. The average Bonchev–Trinajstić information content (AvgIpc) is 2.62. The second-order valence-electron chi connectivity index (χ2n) is 5.90. The van der Waals surface area contributed by atoms with Crippen molar-refractivity contribution in [1.82, 2.24) is 5.32 Å². The van der Waals surface area contributed by atoms with E-state index in [2.05, 4.69) is 17.4 Å². The van der Waals surface area contributed by atoms with Crippen LogP contribution in [0, 0.1) is 0 Å². The van der Waals surface area contributed by atoms with Crippen molar-refractivity contribution in [3.05, 3.63) is 66.2 Å². The molecule has 0 aliphatic rings. The van der Waals surface area contributed by atoms with Gasteiger partial charge in [0.2, 0.25) is 15.9 Å². The maximum atomic E-state index is 12.4. The number of sulfonamides is 1. The Morgan fingerprint density at radius 2 is 1.65 bits per heavy atom. The van der Waals surface area contributed by atoms with Gasteiger partial charge in [0.1, 0.15) is 6.04 Å². The molecule has 0 aliphatic carbocycles. The molecule has 1 atom stereocenters. The van der Waals surface area contributed by atoms with Gasteiger partial charge in [0.05, 0.1) is 11.9 Å². The highest BCUT2D eigenvalue weighted by molar-refractivity contribution is 7.98. The molecule has 1 N–H and O–H groups in total. The van der Waals surface area contributed by atoms with Crippen molar-refractivity contribution in [2.75, 3.05) is 22.9 Å². The van der Waals surface area contributed by atoms with Gasteiger partial charge in [-0.1, -0.05) is 48.5 Å². The van der Waals surface area contributed by atoms with E-state index >= 15 is 0 Å². The van der Waals surface area contributed by atoms with Crippen LogP contribution in [0.2, 0.25) is 0 Å². The number of carbonyl (C=O) groups excluding carboxylic acids is 1. The van der Waals surface area contributed by atoms with Crippen LogP contribution < -0.4 is 9.62 Å². The number of rotatable bonds is 9. The molecule has 2 aromatic carbocycles. The molecule has 0 bridgehead atoms. The Balaban J connectivity index is 1.87. The van der Waals surface area contributed by atoms with Crippen LogP contribution >= 0.6 is 11.8 Å². The van der Waals surface area contributed by atoms with Crippen LogP contribution in [0.3, 0.4) is 0 Å². The minimum Gasteiger partial charge on any atom is -0.353 e. The minimum atomic E-state index is -3.57. The van der Waals surface area contributed by atoms with Gasteiger partial charge in [-0.3, -0.25) is 9.10 Å². The van der Waals surface area contributed by atoms with E-state index in [9.17, 15) is 13.2 Å². The van der Waals surface area contributed by atoms with Crippen molar-refractivity contribution in [3.63, 3.8) is 0 Å². The van der Waals surface area contributed by atoms with Crippen molar-refractivity contribution in [3.8, 4) is 0 Å². The maximum Gasteiger partial charge on any atom is 0.243 e. The highest BCUT2D eigenvalue weighted by Gasteiger charge is 2.28. The van der Waals surface area contributed by atoms with E-state index in [1.807, 2.05) is 18.2 Å². The molecule has 0 spiro atoms. The molecule has 0 radical (unpaired) electrons. The largest absolute Gasteiger partial charge is 0.353 e. The first-order chi connectivity index (χ1) is 12.4. The summed E-state index contributed by atoms with van der Waals surface area (Å²) in [6.45, 7) is 2.09. The average molecular weight is 393 g/mol. The zero-order valence-corrected chi connectivity index (χ0v) is 16.6. The third-order valence-electron chi connectivity index (χ3n) is 3.76. The number of nitrogens with zero attached hydrogens (tertiary/aromatic N) is 1. The van der Waals surface area contributed by atoms with Crippen LogP contribution in [-0.4, -0.2) is 38.9 Å². The Labute approximate surface area is 159 Å². The summed E-state index contributed by atoms with van der Waals surface area (Å²) < 4.78 is 25.5. The third kappa shape index (κ3) is 6.07. The summed E-state index contributed by atoms with van der Waals surface area (Å²) in [6, 6.07) is 18.0. The summed E-state index contributed by atoms with van der Waals surface area (Å²) in [5.74, 6) is 1.34. The third-order valence-corrected chi connectivity index (χ3v) is 6.03. The van der Waals surface area contributed by atoms with Gasteiger partial charge in [-0.25, -0.2) is 8.42 Å². The van der Waals surface area contributed by atoms with Gasteiger partial charge in [-0.15, -0.1) is 0 Å². The van der Waals surface area contributed by atoms with Crippen LogP contribution in [0.5, 0.6) is 0 Å². The summed E-state index contributed by atoms with van der Waals surface area (Å²) in [7, 11) is -3.57. The van der Waals surface area contributed by atoms with Gasteiger partial charge < -0.3 is 5.32 Å². The first-order valence-electron chi connectivity index (χ1n) is 8.33. The van der Waals surface area contributed by atoms with Gasteiger partial charge in [0.25, 0.3) is 0 Å². The molecular weight excluding hydrogens is 368 g/mol. The molecule has 1 unspecified atom stereocenters. The van der Waals surface area contributed by atoms with E-state index in [-0.39, 0.29) is 5.91 Å². The normalized spacial score (nSPS) is 12.4. The molecule has 1 amide bonds. The molecule has 2 rings (SSSR count). The Hall–Kier alpha value is -1.99. The van der Waals surface area contributed by atoms with E-state index in [0.29, 0.717) is 12.2 Å². The number of hydrogen-bond acceptors (Lipinski definition) is 4. The summed E-state index contributed by atoms with van der Waals surface area (Å²) in [5, 5.41) is 2.83. The lowest BCUT2D eigenvalue weighted by atomic mass is 10.2. The van der Waals surface area contributed by atoms with Crippen molar-refractivity contribution >= 4 is 33.4 Å². The first kappa shape index (κ1) is 20.3. The second kappa shape index (κ2) is 9.64. The minimum absolute atomic E-state index is 0.306. The highest BCUT2D eigenvalue weighted by Crippen LogP contribution is 2.20. The van der Waals surface area contributed by atoms with E-state index in [4.69, 9.17) is 0 Å². The molecule has 5 nitrogen and oxygen atoms in total. The molecule has 0 fully saturated rings. The lowest BCUT2D eigenvalue weighted by molar-refractivity contribution is -0.121. The molecule has 7 heteroatoms. The molecule has 140 valence electrons. The van der Waals surface area contributed by atoms with Crippen molar-refractivity contribution in [1.29, 1.82) is 0 Å². The van der Waals surface area contributed by atoms with Crippen LogP contribution in [0.1, 0.15) is 12.5 Å². The molecule has 0 saturated carbocycles. The number of benzene rings is 2. The zero-order valence-electron chi connectivity index (χ0n) is 15.0. The number of hydrogen-bond donors (Lipinski definition) is 1. The van der Waals surface area contributed by atoms with Crippen LogP contribution in [0.25, 0.3) is 0 Å². The van der Waals surface area contributed by atoms with E-state index in [1.165, 1.54) is 5.56 Å². The number of para-hydroxylation sites is 1. The van der Waals surface area contributed by atoms with E-state index < -0.39 is 16.1 Å². The molecule has 0 heterocycles. The molecule has 26 heavy (non-hydrogen) atoms. The molecule has 0 aromatic heterocycles.